The molecule has 3 heterocycles. The zero-order valence-electron chi connectivity index (χ0n) is 11.1. The SMILES string of the molecule is Nc1noc2cc(Oc3ncccn3)c3c(c12)OCCC3. The average molecular weight is 284 g/mol. The Morgan fingerprint density at radius 1 is 1.24 bits per heavy atom. The van der Waals surface area contributed by atoms with E-state index in [0.29, 0.717) is 34.9 Å². The van der Waals surface area contributed by atoms with E-state index in [1.807, 2.05) is 0 Å². The Balaban J connectivity index is 1.89. The number of nitrogens with zero attached hydrogens (tertiary/aromatic N) is 3. The first-order valence-electron chi connectivity index (χ1n) is 6.61. The van der Waals surface area contributed by atoms with Crippen molar-refractivity contribution >= 4 is 16.8 Å². The molecular weight excluding hydrogens is 272 g/mol. The molecule has 0 fully saturated rings. The standard InChI is InChI=1S/C14H12N4O3/c15-13-11-10(21-18-13)7-9(8-3-1-6-19-12(8)11)20-14-16-4-2-5-17-14/h2,4-5,7H,1,3,6H2,(H2,15,18). The molecule has 0 radical (unpaired) electrons. The zero-order chi connectivity index (χ0) is 14.2. The van der Waals surface area contributed by atoms with Crippen LogP contribution < -0.4 is 15.2 Å². The van der Waals surface area contributed by atoms with Gasteiger partial charge in [0.2, 0.25) is 0 Å². The van der Waals surface area contributed by atoms with E-state index < -0.39 is 0 Å². The quantitative estimate of drug-likeness (QED) is 0.771. The highest BCUT2D eigenvalue weighted by Crippen LogP contribution is 2.43. The highest BCUT2D eigenvalue weighted by atomic mass is 16.5. The molecule has 0 atom stereocenters. The number of rotatable bonds is 2. The summed E-state index contributed by atoms with van der Waals surface area (Å²) in [5, 5.41) is 4.49. The van der Waals surface area contributed by atoms with Crippen LogP contribution in [0.1, 0.15) is 12.0 Å². The van der Waals surface area contributed by atoms with Crippen LogP contribution in [0, 0.1) is 0 Å². The maximum absolute atomic E-state index is 5.85. The number of hydrogen-bond acceptors (Lipinski definition) is 7. The van der Waals surface area contributed by atoms with E-state index in [2.05, 4.69) is 15.1 Å². The van der Waals surface area contributed by atoms with Crippen LogP contribution in [-0.2, 0) is 6.42 Å². The maximum Gasteiger partial charge on any atom is 0.321 e. The van der Waals surface area contributed by atoms with Gasteiger partial charge in [-0.15, -0.1) is 0 Å². The number of hydrogen-bond donors (Lipinski definition) is 1. The molecule has 0 saturated heterocycles. The molecule has 0 amide bonds. The van der Waals surface area contributed by atoms with Crippen molar-refractivity contribution in [3.8, 4) is 17.5 Å². The number of benzene rings is 1. The fraction of sp³-hybridized carbons (Fsp3) is 0.214. The Morgan fingerprint density at radius 3 is 2.95 bits per heavy atom. The second kappa shape index (κ2) is 4.62. The highest BCUT2D eigenvalue weighted by Gasteiger charge is 2.24. The Morgan fingerprint density at radius 2 is 2.10 bits per heavy atom. The van der Waals surface area contributed by atoms with Crippen molar-refractivity contribution < 1.29 is 14.0 Å². The fourth-order valence-electron chi connectivity index (χ4n) is 2.46. The normalized spacial score (nSPS) is 13.7. The van der Waals surface area contributed by atoms with Gasteiger partial charge in [-0.3, -0.25) is 0 Å². The molecule has 0 spiro atoms. The van der Waals surface area contributed by atoms with Crippen LogP contribution in [0.4, 0.5) is 5.82 Å². The summed E-state index contributed by atoms with van der Waals surface area (Å²) in [6.07, 6.45) is 4.99. The van der Waals surface area contributed by atoms with E-state index in [1.54, 1.807) is 24.5 Å². The Hall–Kier alpha value is -2.83. The summed E-state index contributed by atoms with van der Waals surface area (Å²) >= 11 is 0. The predicted octanol–water partition coefficient (Wildman–Crippen LogP) is 2.32. The summed E-state index contributed by atoms with van der Waals surface area (Å²) in [5.74, 6) is 1.62. The number of ether oxygens (including phenoxy) is 2. The summed E-state index contributed by atoms with van der Waals surface area (Å²) in [4.78, 5) is 8.13. The van der Waals surface area contributed by atoms with Crippen molar-refractivity contribution in [1.82, 2.24) is 15.1 Å². The van der Waals surface area contributed by atoms with Crippen LogP contribution in [0.15, 0.2) is 29.0 Å². The van der Waals surface area contributed by atoms with E-state index in [0.717, 1.165) is 18.4 Å². The minimum atomic E-state index is 0.275. The molecule has 21 heavy (non-hydrogen) atoms. The van der Waals surface area contributed by atoms with Gasteiger partial charge < -0.3 is 19.7 Å². The van der Waals surface area contributed by atoms with Gasteiger partial charge in [0.15, 0.2) is 11.4 Å². The van der Waals surface area contributed by atoms with Crippen molar-refractivity contribution in [2.75, 3.05) is 12.3 Å². The van der Waals surface area contributed by atoms with Gasteiger partial charge in [0.25, 0.3) is 0 Å². The van der Waals surface area contributed by atoms with Crippen LogP contribution in [0.25, 0.3) is 11.0 Å². The summed E-state index contributed by atoms with van der Waals surface area (Å²) < 4.78 is 16.7. The first kappa shape index (κ1) is 12.0. The molecule has 7 heteroatoms. The number of fused-ring (bicyclic) bond motifs is 3. The molecule has 1 aliphatic rings. The molecular formula is C14H12N4O3. The molecule has 0 aliphatic carbocycles. The summed E-state index contributed by atoms with van der Waals surface area (Å²) in [6, 6.07) is 3.76. The zero-order valence-corrected chi connectivity index (χ0v) is 11.1. The number of nitrogen functional groups attached to an aromatic ring is 1. The third kappa shape index (κ3) is 1.94. The van der Waals surface area contributed by atoms with E-state index in [9.17, 15) is 0 Å². The van der Waals surface area contributed by atoms with Crippen molar-refractivity contribution in [2.24, 2.45) is 0 Å². The van der Waals surface area contributed by atoms with Gasteiger partial charge in [-0.25, -0.2) is 9.97 Å². The Kier molecular flexibility index (Phi) is 2.63. The lowest BCUT2D eigenvalue weighted by Gasteiger charge is -2.20. The molecule has 4 rings (SSSR count). The van der Waals surface area contributed by atoms with Crippen molar-refractivity contribution in [2.45, 2.75) is 12.8 Å². The van der Waals surface area contributed by atoms with E-state index in [1.165, 1.54) is 0 Å². The molecule has 1 aliphatic heterocycles. The van der Waals surface area contributed by atoms with E-state index >= 15 is 0 Å². The maximum atomic E-state index is 5.85. The summed E-state index contributed by atoms with van der Waals surface area (Å²) in [6.45, 7) is 0.637. The number of nitrogens with two attached hydrogens (primary N) is 1. The molecule has 0 saturated carbocycles. The van der Waals surface area contributed by atoms with Gasteiger partial charge in [0, 0.05) is 24.0 Å². The van der Waals surface area contributed by atoms with Gasteiger partial charge in [-0.2, -0.15) is 0 Å². The minimum Gasteiger partial charge on any atom is -0.492 e. The third-order valence-electron chi connectivity index (χ3n) is 3.37. The minimum absolute atomic E-state index is 0.275. The Labute approximate surface area is 119 Å². The molecule has 106 valence electrons. The molecule has 1 aromatic carbocycles. The lowest BCUT2D eigenvalue weighted by molar-refractivity contribution is 0.287. The van der Waals surface area contributed by atoms with Crippen molar-refractivity contribution in [1.29, 1.82) is 0 Å². The second-order valence-electron chi connectivity index (χ2n) is 4.71. The number of anilines is 1. The van der Waals surface area contributed by atoms with Crippen LogP contribution in [0.2, 0.25) is 0 Å². The first-order chi connectivity index (χ1) is 10.3. The lowest BCUT2D eigenvalue weighted by atomic mass is 10.0. The van der Waals surface area contributed by atoms with E-state index in [-0.39, 0.29) is 6.01 Å². The van der Waals surface area contributed by atoms with Crippen molar-refractivity contribution in [3.63, 3.8) is 0 Å². The molecule has 0 unspecified atom stereocenters. The molecule has 2 N–H and O–H groups in total. The molecule has 0 bridgehead atoms. The Bertz CT molecular complexity index is 801. The van der Waals surface area contributed by atoms with Gasteiger partial charge in [0.05, 0.1) is 6.61 Å². The molecule has 7 nitrogen and oxygen atoms in total. The van der Waals surface area contributed by atoms with Crippen LogP contribution in [0.3, 0.4) is 0 Å². The van der Waals surface area contributed by atoms with Crippen LogP contribution in [0.5, 0.6) is 17.5 Å². The van der Waals surface area contributed by atoms with E-state index in [4.69, 9.17) is 19.7 Å². The van der Waals surface area contributed by atoms with Gasteiger partial charge in [0.1, 0.15) is 16.9 Å². The van der Waals surface area contributed by atoms with Gasteiger partial charge in [-0.05, 0) is 18.9 Å². The highest BCUT2D eigenvalue weighted by molar-refractivity contribution is 5.95. The fourth-order valence-corrected chi connectivity index (χ4v) is 2.46. The summed E-state index contributed by atoms with van der Waals surface area (Å²) in [7, 11) is 0. The first-order valence-corrected chi connectivity index (χ1v) is 6.61. The average Bonchev–Trinajstić information content (AvgIpc) is 2.90. The number of aromatic nitrogens is 3. The monoisotopic (exact) mass is 284 g/mol. The second-order valence-corrected chi connectivity index (χ2v) is 4.71. The topological polar surface area (TPSA) is 96.3 Å². The molecule has 2 aromatic heterocycles. The van der Waals surface area contributed by atoms with Crippen LogP contribution >= 0.6 is 0 Å². The van der Waals surface area contributed by atoms with Gasteiger partial charge in [-0.1, -0.05) is 5.16 Å². The predicted molar refractivity (Wildman–Crippen MR) is 74.3 cm³/mol. The lowest BCUT2D eigenvalue weighted by Crippen LogP contribution is -2.10. The van der Waals surface area contributed by atoms with Crippen LogP contribution in [-0.4, -0.2) is 21.7 Å². The third-order valence-corrected chi connectivity index (χ3v) is 3.37. The smallest absolute Gasteiger partial charge is 0.321 e. The van der Waals surface area contributed by atoms with Crippen molar-refractivity contribution in [3.05, 3.63) is 30.1 Å². The largest absolute Gasteiger partial charge is 0.492 e. The summed E-state index contributed by atoms with van der Waals surface area (Å²) in [5.41, 5.74) is 7.32. The molecule has 3 aromatic rings. The van der Waals surface area contributed by atoms with Gasteiger partial charge >= 0.3 is 6.01 Å².